The molecule has 1 unspecified atom stereocenters. The molecular formula is C15H18N2O4S3. The summed E-state index contributed by atoms with van der Waals surface area (Å²) in [6.07, 6.45) is 2.85. The minimum atomic E-state index is -3.70. The number of sulfonamides is 1. The topological polar surface area (TPSA) is 84.4 Å². The molecule has 1 aromatic heterocycles. The molecule has 1 saturated heterocycles. The fraction of sp³-hybridized carbons (Fsp3) is 0.533. The van der Waals surface area contributed by atoms with Gasteiger partial charge in [0.1, 0.15) is 0 Å². The molecule has 1 aromatic carbocycles. The van der Waals surface area contributed by atoms with Crippen molar-refractivity contribution in [3.05, 3.63) is 23.7 Å². The molecule has 6 nitrogen and oxygen atoms in total. The Morgan fingerprint density at radius 1 is 1.25 bits per heavy atom. The van der Waals surface area contributed by atoms with Gasteiger partial charge in [0.2, 0.25) is 10.0 Å². The summed E-state index contributed by atoms with van der Waals surface area (Å²) >= 11 is 1.40. The number of rotatable bonds is 3. The zero-order chi connectivity index (χ0) is 16.9. The molecule has 24 heavy (non-hydrogen) atoms. The maximum Gasteiger partial charge on any atom is 0.243 e. The molecular weight excluding hydrogens is 368 g/mol. The van der Waals surface area contributed by atoms with Crippen LogP contribution in [0.2, 0.25) is 0 Å². The average Bonchev–Trinajstić information content (AvgIpc) is 2.91. The number of benzene rings is 1. The Labute approximate surface area is 145 Å². The monoisotopic (exact) mass is 386 g/mol. The van der Waals surface area contributed by atoms with Gasteiger partial charge in [-0.1, -0.05) is 6.42 Å². The van der Waals surface area contributed by atoms with Crippen LogP contribution < -0.4 is 0 Å². The van der Waals surface area contributed by atoms with Gasteiger partial charge >= 0.3 is 0 Å². The van der Waals surface area contributed by atoms with Crippen LogP contribution >= 0.6 is 11.3 Å². The third kappa shape index (κ3) is 2.77. The summed E-state index contributed by atoms with van der Waals surface area (Å²) in [6, 6.07) is 4.49. The molecule has 130 valence electrons. The van der Waals surface area contributed by atoms with E-state index in [1.807, 2.05) is 0 Å². The molecule has 1 aliphatic carbocycles. The Morgan fingerprint density at radius 3 is 2.75 bits per heavy atom. The van der Waals surface area contributed by atoms with E-state index in [0.29, 0.717) is 0 Å². The number of thiazole rings is 1. The van der Waals surface area contributed by atoms with Gasteiger partial charge < -0.3 is 0 Å². The summed E-state index contributed by atoms with van der Waals surface area (Å²) in [4.78, 5) is 4.39. The maximum atomic E-state index is 13.1. The first-order valence-corrected chi connectivity index (χ1v) is 12.1. The van der Waals surface area contributed by atoms with Gasteiger partial charge in [-0.05, 0) is 37.0 Å². The highest BCUT2D eigenvalue weighted by Crippen LogP contribution is 2.37. The lowest BCUT2D eigenvalue weighted by atomic mass is 9.80. The predicted octanol–water partition coefficient (Wildman–Crippen LogP) is 1.88. The Bertz CT molecular complexity index is 977. The number of sulfone groups is 1. The maximum absolute atomic E-state index is 13.1. The first-order chi connectivity index (χ1) is 11.4. The van der Waals surface area contributed by atoms with Crippen LogP contribution in [0.4, 0.5) is 0 Å². The highest BCUT2D eigenvalue weighted by Gasteiger charge is 2.44. The first kappa shape index (κ1) is 16.4. The Kier molecular flexibility index (Phi) is 3.94. The molecule has 2 aliphatic rings. The molecule has 0 amide bonds. The molecule has 0 bridgehead atoms. The fourth-order valence-corrected chi connectivity index (χ4v) is 7.77. The van der Waals surface area contributed by atoms with E-state index >= 15 is 0 Å². The number of hydrogen-bond acceptors (Lipinski definition) is 6. The van der Waals surface area contributed by atoms with Gasteiger partial charge in [-0.25, -0.2) is 21.8 Å². The number of aromatic nitrogens is 1. The number of nitrogens with zero attached hydrogens (tertiary/aromatic N) is 2. The van der Waals surface area contributed by atoms with Crippen LogP contribution in [0.5, 0.6) is 0 Å². The predicted molar refractivity (Wildman–Crippen MR) is 93.3 cm³/mol. The van der Waals surface area contributed by atoms with Crippen LogP contribution in [0, 0.1) is 5.92 Å². The molecule has 4 rings (SSSR count). The minimum Gasteiger partial charge on any atom is -0.245 e. The van der Waals surface area contributed by atoms with Crippen LogP contribution in [-0.4, -0.2) is 50.2 Å². The largest absolute Gasteiger partial charge is 0.245 e. The van der Waals surface area contributed by atoms with Crippen LogP contribution in [0.3, 0.4) is 0 Å². The second-order valence-electron chi connectivity index (χ2n) is 6.47. The van der Waals surface area contributed by atoms with E-state index in [4.69, 9.17) is 0 Å². The van der Waals surface area contributed by atoms with E-state index in [1.165, 1.54) is 15.6 Å². The van der Waals surface area contributed by atoms with Crippen molar-refractivity contribution in [2.45, 2.75) is 30.2 Å². The van der Waals surface area contributed by atoms with Gasteiger partial charge in [0.05, 0.1) is 32.1 Å². The van der Waals surface area contributed by atoms with Crippen molar-refractivity contribution >= 4 is 41.4 Å². The lowest BCUT2D eigenvalue weighted by Crippen LogP contribution is -2.55. The Morgan fingerprint density at radius 2 is 2.04 bits per heavy atom. The molecule has 0 radical (unpaired) electrons. The van der Waals surface area contributed by atoms with Crippen LogP contribution in [0.15, 0.2) is 28.6 Å². The summed E-state index contributed by atoms with van der Waals surface area (Å²) in [7, 11) is -6.87. The second kappa shape index (κ2) is 5.76. The summed E-state index contributed by atoms with van der Waals surface area (Å²) in [5.41, 5.74) is 2.46. The fourth-order valence-electron chi connectivity index (χ4n) is 3.45. The molecule has 0 spiro atoms. The lowest BCUT2D eigenvalue weighted by Gasteiger charge is -2.42. The lowest BCUT2D eigenvalue weighted by molar-refractivity contribution is 0.175. The van der Waals surface area contributed by atoms with E-state index in [2.05, 4.69) is 4.98 Å². The minimum absolute atomic E-state index is 0.0482. The molecule has 9 heteroatoms. The Hall–Kier alpha value is -1.03. The summed E-state index contributed by atoms with van der Waals surface area (Å²) < 4.78 is 52.6. The number of fused-ring (bicyclic) bond motifs is 1. The van der Waals surface area contributed by atoms with Crippen molar-refractivity contribution in [2.24, 2.45) is 5.92 Å². The van der Waals surface area contributed by atoms with E-state index < -0.39 is 25.9 Å². The molecule has 0 N–H and O–H groups in total. The molecule has 1 aliphatic heterocycles. The van der Waals surface area contributed by atoms with E-state index in [0.717, 1.165) is 29.5 Å². The van der Waals surface area contributed by atoms with Crippen LogP contribution in [0.25, 0.3) is 10.2 Å². The summed E-state index contributed by atoms with van der Waals surface area (Å²) in [5, 5.41) is 0. The standard InChI is InChI=1S/C15H18N2O4S3/c18-23(19)7-6-17(14(9-23)11-2-1-3-11)24(20,21)12-4-5-13-15(8-12)22-10-16-13/h4-5,8,10-11,14H,1-3,6-7,9H2. The van der Waals surface area contributed by atoms with Gasteiger partial charge in [0.25, 0.3) is 0 Å². The zero-order valence-corrected chi connectivity index (χ0v) is 15.4. The van der Waals surface area contributed by atoms with Crippen molar-refractivity contribution in [3.8, 4) is 0 Å². The normalized spacial score (nSPS) is 25.6. The van der Waals surface area contributed by atoms with Crippen molar-refractivity contribution < 1.29 is 16.8 Å². The summed E-state index contributed by atoms with van der Waals surface area (Å²) in [6.45, 7) is 0.0482. The van der Waals surface area contributed by atoms with E-state index in [1.54, 1.807) is 23.7 Å². The van der Waals surface area contributed by atoms with Gasteiger partial charge in [0, 0.05) is 12.6 Å². The smallest absolute Gasteiger partial charge is 0.243 e. The first-order valence-electron chi connectivity index (χ1n) is 7.92. The molecule has 1 saturated carbocycles. The van der Waals surface area contributed by atoms with Crippen molar-refractivity contribution in [3.63, 3.8) is 0 Å². The number of hydrogen-bond donors (Lipinski definition) is 0. The zero-order valence-electron chi connectivity index (χ0n) is 13.0. The third-order valence-electron chi connectivity index (χ3n) is 5.02. The van der Waals surface area contributed by atoms with E-state index in [9.17, 15) is 16.8 Å². The average molecular weight is 387 g/mol. The highest BCUT2D eigenvalue weighted by molar-refractivity contribution is 7.92. The third-order valence-corrected chi connectivity index (χ3v) is 9.39. The van der Waals surface area contributed by atoms with Gasteiger partial charge in [-0.2, -0.15) is 4.31 Å². The van der Waals surface area contributed by atoms with Crippen LogP contribution in [-0.2, 0) is 19.9 Å². The second-order valence-corrected chi connectivity index (χ2v) is 11.5. The van der Waals surface area contributed by atoms with Crippen LogP contribution in [0.1, 0.15) is 19.3 Å². The van der Waals surface area contributed by atoms with Crippen molar-refractivity contribution in [2.75, 3.05) is 18.1 Å². The SMILES string of the molecule is O=S1(=O)CCN(S(=O)(=O)c2ccc3ncsc3c2)C(C2CCC2)C1. The summed E-state index contributed by atoms with van der Waals surface area (Å²) in [5.74, 6) is -0.000195. The quantitative estimate of drug-likeness (QED) is 0.804. The van der Waals surface area contributed by atoms with Gasteiger partial charge in [-0.3, -0.25) is 0 Å². The van der Waals surface area contributed by atoms with Gasteiger partial charge in [0.15, 0.2) is 9.84 Å². The van der Waals surface area contributed by atoms with Crippen molar-refractivity contribution in [1.29, 1.82) is 0 Å². The molecule has 1 atom stereocenters. The molecule has 2 aromatic rings. The van der Waals surface area contributed by atoms with Gasteiger partial charge in [-0.15, -0.1) is 11.3 Å². The van der Waals surface area contributed by atoms with Crippen molar-refractivity contribution in [1.82, 2.24) is 9.29 Å². The highest BCUT2D eigenvalue weighted by atomic mass is 32.2. The molecule has 2 fully saturated rings. The van der Waals surface area contributed by atoms with E-state index in [-0.39, 0.29) is 28.9 Å². The molecule has 2 heterocycles. The Balaban J connectivity index is 1.73.